The topological polar surface area (TPSA) is 43.1 Å². The predicted molar refractivity (Wildman–Crippen MR) is 45.1 cm³/mol. The van der Waals surface area contributed by atoms with Gasteiger partial charge in [0.2, 0.25) is 0 Å². The van der Waals surface area contributed by atoms with Crippen LogP contribution in [0.3, 0.4) is 0 Å². The van der Waals surface area contributed by atoms with E-state index in [2.05, 4.69) is 12.2 Å². The van der Waals surface area contributed by atoms with Crippen LogP contribution >= 0.6 is 0 Å². The van der Waals surface area contributed by atoms with Crippen molar-refractivity contribution in [2.45, 2.75) is 32.2 Å². The first-order valence-electron chi connectivity index (χ1n) is 4.16. The molecule has 2 N–H and O–H groups in total. The molecule has 0 saturated heterocycles. The second kappa shape index (κ2) is 3.67. The molecular weight excluding hydrogens is 138 g/mol. The monoisotopic (exact) mass is 153 g/mol. The van der Waals surface area contributed by atoms with E-state index in [-0.39, 0.29) is 17.7 Å². The maximum absolute atomic E-state index is 11.3. The normalized spacial score (nSPS) is 26.5. The molecule has 0 saturated carbocycles. The molecule has 0 aromatic carbocycles. The minimum Gasteiger partial charge on any atom is -0.322 e. The molecule has 0 aromatic rings. The van der Waals surface area contributed by atoms with Gasteiger partial charge in [0, 0.05) is 5.92 Å². The van der Waals surface area contributed by atoms with Crippen LogP contribution < -0.4 is 5.73 Å². The molecule has 0 heterocycles. The molecule has 11 heavy (non-hydrogen) atoms. The van der Waals surface area contributed by atoms with Gasteiger partial charge < -0.3 is 5.73 Å². The van der Waals surface area contributed by atoms with Crippen LogP contribution in [-0.4, -0.2) is 11.8 Å². The largest absolute Gasteiger partial charge is 0.322 e. The number of carbonyl (C=O) groups excluding carboxylic acids is 1. The highest BCUT2D eigenvalue weighted by molar-refractivity contribution is 5.85. The van der Waals surface area contributed by atoms with Crippen LogP contribution in [0.2, 0.25) is 0 Å². The van der Waals surface area contributed by atoms with Crippen molar-refractivity contribution in [3.63, 3.8) is 0 Å². The Morgan fingerprint density at radius 3 is 2.82 bits per heavy atom. The van der Waals surface area contributed by atoms with Crippen molar-refractivity contribution in [3.05, 3.63) is 12.2 Å². The summed E-state index contributed by atoms with van der Waals surface area (Å²) < 4.78 is 0. The summed E-state index contributed by atoms with van der Waals surface area (Å²) in [4.78, 5) is 11.3. The molecule has 62 valence electrons. The van der Waals surface area contributed by atoms with Crippen molar-refractivity contribution in [2.24, 2.45) is 11.7 Å². The SMILES string of the molecule is CC(N)C(=O)C1CC=CCC1. The highest BCUT2D eigenvalue weighted by atomic mass is 16.1. The van der Waals surface area contributed by atoms with Gasteiger partial charge in [0.05, 0.1) is 6.04 Å². The number of ketones is 1. The Morgan fingerprint density at radius 2 is 2.36 bits per heavy atom. The fourth-order valence-corrected chi connectivity index (χ4v) is 1.42. The van der Waals surface area contributed by atoms with Gasteiger partial charge in [0.1, 0.15) is 0 Å². The number of hydrogen-bond acceptors (Lipinski definition) is 2. The molecule has 0 bridgehead atoms. The highest BCUT2D eigenvalue weighted by Crippen LogP contribution is 2.19. The molecular formula is C9H15NO. The highest BCUT2D eigenvalue weighted by Gasteiger charge is 2.20. The Bertz CT molecular complexity index is 172. The van der Waals surface area contributed by atoms with Gasteiger partial charge in [0.15, 0.2) is 5.78 Å². The third-order valence-electron chi connectivity index (χ3n) is 2.12. The quantitative estimate of drug-likeness (QED) is 0.607. The minimum atomic E-state index is -0.286. The third kappa shape index (κ3) is 2.15. The summed E-state index contributed by atoms with van der Waals surface area (Å²) in [5.74, 6) is 0.411. The van der Waals surface area contributed by atoms with E-state index in [0.29, 0.717) is 0 Å². The van der Waals surface area contributed by atoms with Crippen molar-refractivity contribution in [2.75, 3.05) is 0 Å². The lowest BCUT2D eigenvalue weighted by molar-refractivity contribution is -0.123. The van der Waals surface area contributed by atoms with Crippen LogP contribution in [0.15, 0.2) is 12.2 Å². The molecule has 1 aliphatic carbocycles. The Labute approximate surface area is 67.5 Å². The second-order valence-corrected chi connectivity index (χ2v) is 3.17. The van der Waals surface area contributed by atoms with E-state index >= 15 is 0 Å². The van der Waals surface area contributed by atoms with E-state index in [1.54, 1.807) is 6.92 Å². The summed E-state index contributed by atoms with van der Waals surface area (Å²) in [6.45, 7) is 1.76. The first kappa shape index (κ1) is 8.47. The molecule has 0 aromatic heterocycles. The van der Waals surface area contributed by atoms with Crippen molar-refractivity contribution < 1.29 is 4.79 Å². The van der Waals surface area contributed by atoms with Gasteiger partial charge in [-0.2, -0.15) is 0 Å². The van der Waals surface area contributed by atoms with E-state index in [4.69, 9.17) is 5.73 Å². The first-order chi connectivity index (χ1) is 5.22. The average molecular weight is 153 g/mol. The van der Waals surface area contributed by atoms with Gasteiger partial charge in [-0.15, -0.1) is 0 Å². The van der Waals surface area contributed by atoms with Crippen LogP contribution in [0.5, 0.6) is 0 Å². The van der Waals surface area contributed by atoms with Crippen LogP contribution in [0, 0.1) is 5.92 Å². The fourth-order valence-electron chi connectivity index (χ4n) is 1.42. The molecule has 2 unspecified atom stereocenters. The molecule has 0 spiro atoms. The van der Waals surface area contributed by atoms with Crippen molar-refractivity contribution in [1.29, 1.82) is 0 Å². The number of allylic oxidation sites excluding steroid dienone is 2. The van der Waals surface area contributed by atoms with Gasteiger partial charge >= 0.3 is 0 Å². The number of hydrogen-bond donors (Lipinski definition) is 1. The van der Waals surface area contributed by atoms with Gasteiger partial charge in [0.25, 0.3) is 0 Å². The van der Waals surface area contributed by atoms with Gasteiger partial charge in [-0.3, -0.25) is 4.79 Å². The van der Waals surface area contributed by atoms with Gasteiger partial charge in [-0.05, 0) is 26.2 Å². The maximum Gasteiger partial charge on any atom is 0.152 e. The molecule has 0 aliphatic heterocycles. The molecule has 0 amide bonds. The Kier molecular flexibility index (Phi) is 2.83. The Morgan fingerprint density at radius 1 is 1.64 bits per heavy atom. The van der Waals surface area contributed by atoms with Crippen molar-refractivity contribution in [3.8, 4) is 0 Å². The zero-order chi connectivity index (χ0) is 8.27. The fraction of sp³-hybridized carbons (Fsp3) is 0.667. The zero-order valence-corrected chi connectivity index (χ0v) is 6.92. The van der Waals surface area contributed by atoms with Crippen LogP contribution in [-0.2, 0) is 4.79 Å². The number of carbonyl (C=O) groups is 1. The maximum atomic E-state index is 11.3. The Hall–Kier alpha value is -0.630. The van der Waals surface area contributed by atoms with E-state index in [1.807, 2.05) is 0 Å². The molecule has 2 heteroatoms. The van der Waals surface area contributed by atoms with Gasteiger partial charge in [-0.1, -0.05) is 12.2 Å². The summed E-state index contributed by atoms with van der Waals surface area (Å²) in [7, 11) is 0. The molecule has 2 nitrogen and oxygen atoms in total. The summed E-state index contributed by atoms with van der Waals surface area (Å²) in [5.41, 5.74) is 5.49. The van der Waals surface area contributed by atoms with E-state index in [1.165, 1.54) is 0 Å². The van der Waals surface area contributed by atoms with E-state index < -0.39 is 0 Å². The standard InChI is InChI=1S/C9H15NO/c1-7(10)9(11)8-5-3-2-4-6-8/h2-3,7-8H,4-6,10H2,1H3. The third-order valence-corrected chi connectivity index (χ3v) is 2.12. The molecule has 0 fully saturated rings. The lowest BCUT2D eigenvalue weighted by Gasteiger charge is -2.17. The number of nitrogens with two attached hydrogens (primary N) is 1. The first-order valence-corrected chi connectivity index (χ1v) is 4.16. The zero-order valence-electron chi connectivity index (χ0n) is 6.92. The van der Waals surface area contributed by atoms with Crippen molar-refractivity contribution >= 4 is 5.78 Å². The average Bonchev–Trinajstić information content (AvgIpc) is 2.05. The lowest BCUT2D eigenvalue weighted by atomic mass is 9.88. The van der Waals surface area contributed by atoms with Crippen LogP contribution in [0.25, 0.3) is 0 Å². The minimum absolute atomic E-state index is 0.194. The summed E-state index contributed by atoms with van der Waals surface area (Å²) in [5, 5.41) is 0. The van der Waals surface area contributed by atoms with E-state index in [0.717, 1.165) is 19.3 Å². The lowest BCUT2D eigenvalue weighted by Crippen LogP contribution is -2.33. The second-order valence-electron chi connectivity index (χ2n) is 3.17. The molecule has 2 atom stereocenters. The predicted octanol–water partition coefficient (Wildman–Crippen LogP) is 1.26. The van der Waals surface area contributed by atoms with Gasteiger partial charge in [-0.25, -0.2) is 0 Å². The number of Topliss-reactive ketones (excluding diaryl/α,β-unsaturated/α-hetero) is 1. The van der Waals surface area contributed by atoms with Crippen LogP contribution in [0.4, 0.5) is 0 Å². The van der Waals surface area contributed by atoms with Crippen molar-refractivity contribution in [1.82, 2.24) is 0 Å². The van der Waals surface area contributed by atoms with Crippen LogP contribution in [0.1, 0.15) is 26.2 Å². The summed E-state index contributed by atoms with van der Waals surface area (Å²) in [6.07, 6.45) is 7.11. The molecule has 1 rings (SSSR count). The summed E-state index contributed by atoms with van der Waals surface area (Å²) >= 11 is 0. The molecule has 1 aliphatic rings. The smallest absolute Gasteiger partial charge is 0.152 e. The van der Waals surface area contributed by atoms with E-state index in [9.17, 15) is 4.79 Å². The Balaban J connectivity index is 2.47. The molecule has 0 radical (unpaired) electrons. The number of rotatable bonds is 2. The summed E-state index contributed by atoms with van der Waals surface area (Å²) in [6, 6.07) is -0.286.